The highest BCUT2D eigenvalue weighted by Gasteiger charge is 2.06. The second-order valence-electron chi connectivity index (χ2n) is 6.01. The van der Waals surface area contributed by atoms with Gasteiger partial charge in [0, 0.05) is 24.9 Å². The second kappa shape index (κ2) is 10.7. The summed E-state index contributed by atoms with van der Waals surface area (Å²) in [5.74, 6) is 1.01. The van der Waals surface area contributed by atoms with Gasteiger partial charge in [-0.05, 0) is 36.6 Å². The summed E-state index contributed by atoms with van der Waals surface area (Å²) >= 11 is 1.69. The summed E-state index contributed by atoms with van der Waals surface area (Å²) in [4.78, 5) is 8.82. The molecule has 0 aliphatic carbocycles. The zero-order valence-corrected chi connectivity index (χ0v) is 18.2. The van der Waals surface area contributed by atoms with E-state index in [1.54, 1.807) is 24.5 Å². The topological polar surface area (TPSA) is 49.3 Å². The van der Waals surface area contributed by atoms with Crippen molar-refractivity contribution in [1.82, 2.24) is 15.6 Å². The minimum Gasteiger partial charge on any atom is -0.356 e. The van der Waals surface area contributed by atoms with Gasteiger partial charge in [-0.15, -0.1) is 35.3 Å². The van der Waals surface area contributed by atoms with E-state index in [0.717, 1.165) is 40.8 Å². The molecule has 0 amide bonds. The van der Waals surface area contributed by atoms with Crippen LogP contribution in [0.25, 0.3) is 0 Å². The van der Waals surface area contributed by atoms with Crippen molar-refractivity contribution in [2.45, 2.75) is 39.7 Å². The molecule has 0 saturated heterocycles. The summed E-state index contributed by atoms with van der Waals surface area (Å²) in [5, 5.41) is 9.79. The fraction of sp³-hybridized carbons (Fsp3) is 0.444. The fourth-order valence-corrected chi connectivity index (χ4v) is 3.15. The number of guanidine groups is 1. The van der Waals surface area contributed by atoms with Crippen molar-refractivity contribution < 1.29 is 4.39 Å². The maximum Gasteiger partial charge on any atom is 0.191 e. The van der Waals surface area contributed by atoms with Crippen molar-refractivity contribution in [3.63, 3.8) is 0 Å². The number of aliphatic imine (C=N–C) groups is 1. The van der Waals surface area contributed by atoms with E-state index in [2.05, 4.69) is 39.8 Å². The summed E-state index contributed by atoms with van der Waals surface area (Å²) in [5.41, 5.74) is 3.14. The van der Waals surface area contributed by atoms with E-state index in [1.807, 2.05) is 13.0 Å². The van der Waals surface area contributed by atoms with E-state index >= 15 is 0 Å². The average molecular weight is 476 g/mol. The maximum absolute atomic E-state index is 13.1. The molecule has 2 rings (SSSR count). The third kappa shape index (κ3) is 6.89. The van der Waals surface area contributed by atoms with Crippen LogP contribution in [0.3, 0.4) is 0 Å². The highest BCUT2D eigenvalue weighted by atomic mass is 127. The molecule has 7 heteroatoms. The molecular formula is C18H26FIN4S. The second-order valence-corrected chi connectivity index (χ2v) is 6.89. The quantitative estimate of drug-likeness (QED) is 0.373. The highest BCUT2D eigenvalue weighted by molar-refractivity contribution is 14.0. The zero-order valence-electron chi connectivity index (χ0n) is 15.1. The minimum absolute atomic E-state index is 0. The van der Waals surface area contributed by atoms with Crippen molar-refractivity contribution in [2.75, 3.05) is 13.6 Å². The molecule has 1 aromatic heterocycles. The van der Waals surface area contributed by atoms with Crippen molar-refractivity contribution >= 4 is 41.3 Å². The van der Waals surface area contributed by atoms with Crippen LogP contribution in [0, 0.1) is 12.7 Å². The monoisotopic (exact) mass is 476 g/mol. The van der Waals surface area contributed by atoms with Crippen LogP contribution in [-0.4, -0.2) is 24.5 Å². The van der Waals surface area contributed by atoms with E-state index in [-0.39, 0.29) is 29.8 Å². The Morgan fingerprint density at radius 1 is 1.32 bits per heavy atom. The van der Waals surface area contributed by atoms with E-state index in [0.29, 0.717) is 12.5 Å². The maximum atomic E-state index is 13.1. The number of aromatic nitrogens is 1. The van der Waals surface area contributed by atoms with Crippen molar-refractivity contribution in [2.24, 2.45) is 4.99 Å². The summed E-state index contributed by atoms with van der Waals surface area (Å²) < 4.78 is 13.1. The number of hydrogen-bond donors (Lipinski definition) is 2. The van der Waals surface area contributed by atoms with Crippen LogP contribution < -0.4 is 10.6 Å². The molecule has 25 heavy (non-hydrogen) atoms. The van der Waals surface area contributed by atoms with E-state index in [1.165, 1.54) is 6.07 Å². The Balaban J connectivity index is 0.00000312. The van der Waals surface area contributed by atoms with Crippen LogP contribution in [0.1, 0.15) is 41.6 Å². The van der Waals surface area contributed by atoms with Crippen molar-refractivity contribution in [3.05, 3.63) is 51.2 Å². The Hall–Kier alpha value is -1.22. The summed E-state index contributed by atoms with van der Waals surface area (Å²) in [7, 11) is 1.75. The fourth-order valence-electron chi connectivity index (χ4n) is 2.32. The van der Waals surface area contributed by atoms with Gasteiger partial charge in [0.25, 0.3) is 0 Å². The Morgan fingerprint density at radius 3 is 2.68 bits per heavy atom. The van der Waals surface area contributed by atoms with Gasteiger partial charge in [0.05, 0.1) is 17.2 Å². The molecule has 0 bridgehead atoms. The average Bonchev–Trinajstić information content (AvgIpc) is 3.01. The van der Waals surface area contributed by atoms with Crippen LogP contribution in [0.15, 0.2) is 28.6 Å². The number of rotatable bonds is 6. The molecule has 0 radical (unpaired) electrons. The first-order valence-electron chi connectivity index (χ1n) is 8.13. The lowest BCUT2D eigenvalue weighted by Gasteiger charge is -2.12. The van der Waals surface area contributed by atoms with E-state index < -0.39 is 0 Å². The van der Waals surface area contributed by atoms with Crippen LogP contribution in [0.4, 0.5) is 4.39 Å². The lowest BCUT2D eigenvalue weighted by atomic mass is 10.1. The molecule has 2 N–H and O–H groups in total. The first kappa shape index (κ1) is 21.8. The third-order valence-corrected chi connectivity index (χ3v) is 4.91. The van der Waals surface area contributed by atoms with Gasteiger partial charge in [-0.25, -0.2) is 9.37 Å². The van der Waals surface area contributed by atoms with Crippen LogP contribution in [-0.2, 0) is 13.0 Å². The van der Waals surface area contributed by atoms with Crippen molar-refractivity contribution in [3.8, 4) is 0 Å². The molecule has 138 valence electrons. The van der Waals surface area contributed by atoms with Gasteiger partial charge in [-0.3, -0.25) is 4.99 Å². The standard InChI is InChI=1S/C18H25FN4S.HI/c1-12(2)17-23-16(11-24-17)10-22-18(20-4)21-8-7-14-5-6-15(19)9-13(14)3;/h5-6,9,11-12H,7-8,10H2,1-4H3,(H2,20,21,22);1H. The zero-order chi connectivity index (χ0) is 17.5. The number of halogens is 2. The van der Waals surface area contributed by atoms with Gasteiger partial charge in [-0.2, -0.15) is 0 Å². The molecule has 0 saturated carbocycles. The molecule has 0 aliphatic rings. The SMILES string of the molecule is CN=C(NCCc1ccc(F)cc1C)NCc1csc(C(C)C)n1.I. The summed E-state index contributed by atoms with van der Waals surface area (Å²) in [6.07, 6.45) is 0.820. The minimum atomic E-state index is -0.189. The molecule has 4 nitrogen and oxygen atoms in total. The molecule has 0 atom stereocenters. The Morgan fingerprint density at radius 2 is 2.08 bits per heavy atom. The number of nitrogens with one attached hydrogen (secondary N) is 2. The highest BCUT2D eigenvalue weighted by Crippen LogP contribution is 2.18. The first-order valence-corrected chi connectivity index (χ1v) is 9.01. The lowest BCUT2D eigenvalue weighted by Crippen LogP contribution is -2.38. The Bertz CT molecular complexity index is 700. The van der Waals surface area contributed by atoms with Crippen LogP contribution >= 0.6 is 35.3 Å². The van der Waals surface area contributed by atoms with E-state index in [4.69, 9.17) is 0 Å². The number of aryl methyl sites for hydroxylation is 1. The smallest absolute Gasteiger partial charge is 0.191 e. The number of thiazole rings is 1. The molecule has 0 unspecified atom stereocenters. The summed E-state index contributed by atoms with van der Waals surface area (Å²) in [6.45, 7) is 7.61. The third-order valence-electron chi connectivity index (χ3n) is 3.72. The van der Waals surface area contributed by atoms with Gasteiger partial charge in [0.2, 0.25) is 0 Å². The molecule has 2 aromatic rings. The molecule has 0 fully saturated rings. The molecular weight excluding hydrogens is 450 g/mol. The molecule has 0 aliphatic heterocycles. The Labute approximate surface area is 170 Å². The van der Waals surface area contributed by atoms with Crippen LogP contribution in [0.5, 0.6) is 0 Å². The van der Waals surface area contributed by atoms with Crippen LogP contribution in [0.2, 0.25) is 0 Å². The van der Waals surface area contributed by atoms with Gasteiger partial charge in [-0.1, -0.05) is 19.9 Å². The van der Waals surface area contributed by atoms with Gasteiger partial charge < -0.3 is 10.6 Å². The number of nitrogens with zero attached hydrogens (tertiary/aromatic N) is 2. The summed E-state index contributed by atoms with van der Waals surface area (Å²) in [6, 6.07) is 4.91. The van der Waals surface area contributed by atoms with Gasteiger partial charge >= 0.3 is 0 Å². The molecule has 1 heterocycles. The number of hydrogen-bond acceptors (Lipinski definition) is 3. The predicted octanol–water partition coefficient (Wildman–Crippen LogP) is 4.24. The molecule has 0 spiro atoms. The van der Waals surface area contributed by atoms with E-state index in [9.17, 15) is 4.39 Å². The lowest BCUT2D eigenvalue weighted by molar-refractivity contribution is 0.625. The molecule has 1 aromatic carbocycles. The first-order chi connectivity index (χ1) is 11.5. The van der Waals surface area contributed by atoms with Gasteiger partial charge in [0.1, 0.15) is 5.82 Å². The predicted molar refractivity (Wildman–Crippen MR) is 115 cm³/mol. The number of benzene rings is 1. The van der Waals surface area contributed by atoms with Gasteiger partial charge in [0.15, 0.2) is 5.96 Å². The largest absolute Gasteiger partial charge is 0.356 e. The Kier molecular flexibility index (Phi) is 9.34. The van der Waals surface area contributed by atoms with Crippen molar-refractivity contribution in [1.29, 1.82) is 0 Å². The normalized spacial score (nSPS) is 11.4.